The number of rotatable bonds is 3. The topological polar surface area (TPSA) is 71.3 Å². The summed E-state index contributed by atoms with van der Waals surface area (Å²) in [5.74, 6) is 0.946. The van der Waals surface area contributed by atoms with Crippen LogP contribution in [0.3, 0.4) is 0 Å². The number of anilines is 1. The summed E-state index contributed by atoms with van der Waals surface area (Å²) in [7, 11) is 0. The Hall–Kier alpha value is -3.22. The summed E-state index contributed by atoms with van der Waals surface area (Å²) in [6.45, 7) is 1.16. The van der Waals surface area contributed by atoms with Crippen molar-refractivity contribution in [1.29, 1.82) is 0 Å². The van der Waals surface area contributed by atoms with E-state index >= 15 is 0 Å². The number of urea groups is 1. The van der Waals surface area contributed by atoms with Crippen molar-refractivity contribution in [3.63, 3.8) is 0 Å². The van der Waals surface area contributed by atoms with E-state index in [0.29, 0.717) is 30.5 Å². The predicted octanol–water partition coefficient (Wildman–Crippen LogP) is 4.29. The van der Waals surface area contributed by atoms with Gasteiger partial charge in [0, 0.05) is 30.3 Å². The summed E-state index contributed by atoms with van der Waals surface area (Å²) < 4.78 is 18.7. The number of halogens is 1. The third-order valence-electron chi connectivity index (χ3n) is 4.68. The van der Waals surface area contributed by atoms with Gasteiger partial charge in [-0.05, 0) is 31.0 Å². The van der Waals surface area contributed by atoms with Crippen molar-refractivity contribution in [1.82, 2.24) is 15.0 Å². The van der Waals surface area contributed by atoms with E-state index in [1.165, 1.54) is 12.1 Å². The number of carbonyl (C=O) groups is 1. The second-order valence-electron chi connectivity index (χ2n) is 6.52. The second kappa shape index (κ2) is 7.57. The van der Waals surface area contributed by atoms with E-state index in [1.807, 2.05) is 30.3 Å². The highest BCUT2D eigenvalue weighted by atomic mass is 19.1. The molecule has 0 aliphatic carbocycles. The first kappa shape index (κ1) is 17.2. The Morgan fingerprint density at radius 2 is 1.89 bits per heavy atom. The minimum Gasteiger partial charge on any atom is -0.339 e. The van der Waals surface area contributed by atoms with Crippen LogP contribution in [0.4, 0.5) is 14.9 Å². The van der Waals surface area contributed by atoms with Gasteiger partial charge in [-0.2, -0.15) is 4.98 Å². The quantitative estimate of drug-likeness (QED) is 0.751. The van der Waals surface area contributed by atoms with Gasteiger partial charge in [-0.15, -0.1) is 0 Å². The van der Waals surface area contributed by atoms with Gasteiger partial charge in [0.25, 0.3) is 0 Å². The maximum Gasteiger partial charge on any atom is 0.321 e. The lowest BCUT2D eigenvalue weighted by atomic mass is 9.97. The Morgan fingerprint density at radius 3 is 2.63 bits per heavy atom. The fraction of sp³-hybridized carbons (Fsp3) is 0.250. The maximum absolute atomic E-state index is 13.2. The van der Waals surface area contributed by atoms with Crippen molar-refractivity contribution < 1.29 is 13.7 Å². The molecule has 1 N–H and O–H groups in total. The van der Waals surface area contributed by atoms with Gasteiger partial charge in [-0.3, -0.25) is 0 Å². The van der Waals surface area contributed by atoms with Crippen LogP contribution in [0.5, 0.6) is 0 Å². The monoisotopic (exact) mass is 366 g/mol. The van der Waals surface area contributed by atoms with Gasteiger partial charge in [0.05, 0.1) is 0 Å². The molecule has 0 saturated carbocycles. The van der Waals surface area contributed by atoms with Crippen LogP contribution in [-0.2, 0) is 0 Å². The zero-order valence-electron chi connectivity index (χ0n) is 14.6. The summed E-state index contributed by atoms with van der Waals surface area (Å²) in [5, 5.41) is 6.79. The van der Waals surface area contributed by atoms with Crippen LogP contribution in [0.2, 0.25) is 0 Å². The Kier molecular flexibility index (Phi) is 4.82. The number of hydrogen-bond donors (Lipinski definition) is 1. The number of aromatic nitrogens is 2. The molecule has 0 unspecified atom stereocenters. The normalized spacial score (nSPS) is 14.9. The lowest BCUT2D eigenvalue weighted by molar-refractivity contribution is 0.187. The van der Waals surface area contributed by atoms with Crippen LogP contribution in [0, 0.1) is 5.82 Å². The average molecular weight is 366 g/mol. The highest BCUT2D eigenvalue weighted by Crippen LogP contribution is 2.28. The number of likely N-dealkylation sites (tertiary alicyclic amines) is 1. The first-order chi connectivity index (χ1) is 13.2. The van der Waals surface area contributed by atoms with Crippen molar-refractivity contribution in [2.24, 2.45) is 0 Å². The molecular formula is C20H19FN4O2. The molecule has 7 heteroatoms. The summed E-state index contributed by atoms with van der Waals surface area (Å²) in [6.07, 6.45) is 1.49. The molecule has 2 amide bonds. The van der Waals surface area contributed by atoms with Gasteiger partial charge >= 0.3 is 6.03 Å². The van der Waals surface area contributed by atoms with Gasteiger partial charge in [0.2, 0.25) is 11.7 Å². The van der Waals surface area contributed by atoms with Crippen molar-refractivity contribution in [2.75, 3.05) is 18.4 Å². The minimum atomic E-state index is -0.378. The SMILES string of the molecule is O=C(Nc1cccc(F)c1)N1CCC(c2nc(-c3ccccc3)no2)CC1. The molecule has 1 aromatic heterocycles. The summed E-state index contributed by atoms with van der Waals surface area (Å²) in [4.78, 5) is 18.6. The molecule has 1 fully saturated rings. The maximum atomic E-state index is 13.2. The fourth-order valence-corrected chi connectivity index (χ4v) is 3.20. The highest BCUT2D eigenvalue weighted by molar-refractivity contribution is 5.89. The molecule has 3 aromatic rings. The van der Waals surface area contributed by atoms with Gasteiger partial charge in [-0.1, -0.05) is 41.6 Å². The first-order valence-electron chi connectivity index (χ1n) is 8.89. The third-order valence-corrected chi connectivity index (χ3v) is 4.68. The lowest BCUT2D eigenvalue weighted by Gasteiger charge is -2.30. The molecule has 138 valence electrons. The molecule has 0 radical (unpaired) electrons. The standard InChI is InChI=1S/C20H19FN4O2/c21-16-7-4-8-17(13-16)22-20(26)25-11-9-15(10-12-25)19-23-18(24-27-19)14-5-2-1-3-6-14/h1-8,13,15H,9-12H2,(H,22,26). The van der Waals surface area contributed by atoms with Crippen molar-refractivity contribution in [3.8, 4) is 11.4 Å². The molecule has 0 bridgehead atoms. The van der Waals surface area contributed by atoms with Crippen LogP contribution in [-0.4, -0.2) is 34.2 Å². The molecule has 1 aliphatic heterocycles. The zero-order chi connectivity index (χ0) is 18.6. The second-order valence-corrected chi connectivity index (χ2v) is 6.52. The number of carbonyl (C=O) groups excluding carboxylic acids is 1. The van der Waals surface area contributed by atoms with Crippen LogP contribution in [0.25, 0.3) is 11.4 Å². The molecule has 2 heterocycles. The van der Waals surface area contributed by atoms with Gasteiger partial charge in [0.1, 0.15) is 5.82 Å². The molecule has 0 atom stereocenters. The van der Waals surface area contributed by atoms with Crippen molar-refractivity contribution in [2.45, 2.75) is 18.8 Å². The number of benzene rings is 2. The molecular weight excluding hydrogens is 347 g/mol. The predicted molar refractivity (Wildman–Crippen MR) is 98.7 cm³/mol. The van der Waals surface area contributed by atoms with Crippen LogP contribution in [0.15, 0.2) is 59.1 Å². The molecule has 0 spiro atoms. The summed E-state index contributed by atoms with van der Waals surface area (Å²) in [6, 6.07) is 15.3. The van der Waals surface area contributed by atoms with Gasteiger partial charge in [-0.25, -0.2) is 9.18 Å². The Labute approximate surface area is 156 Å². The average Bonchev–Trinajstić information content (AvgIpc) is 3.19. The van der Waals surface area contributed by atoms with E-state index in [-0.39, 0.29) is 17.8 Å². The smallest absolute Gasteiger partial charge is 0.321 e. The fourth-order valence-electron chi connectivity index (χ4n) is 3.20. The Bertz CT molecular complexity index is 920. The van der Waals surface area contributed by atoms with E-state index in [0.717, 1.165) is 18.4 Å². The van der Waals surface area contributed by atoms with E-state index in [4.69, 9.17) is 4.52 Å². The minimum absolute atomic E-state index is 0.133. The molecule has 2 aromatic carbocycles. The van der Waals surface area contributed by atoms with Gasteiger partial charge in [0.15, 0.2) is 0 Å². The Morgan fingerprint density at radius 1 is 1.11 bits per heavy atom. The molecule has 27 heavy (non-hydrogen) atoms. The van der Waals surface area contributed by atoms with E-state index in [9.17, 15) is 9.18 Å². The number of piperidine rings is 1. The van der Waals surface area contributed by atoms with Crippen LogP contribution in [0.1, 0.15) is 24.7 Å². The Balaban J connectivity index is 1.35. The third kappa shape index (κ3) is 3.97. The number of amides is 2. The lowest BCUT2D eigenvalue weighted by Crippen LogP contribution is -2.40. The largest absolute Gasteiger partial charge is 0.339 e. The van der Waals surface area contributed by atoms with E-state index < -0.39 is 0 Å². The van der Waals surface area contributed by atoms with Crippen molar-refractivity contribution >= 4 is 11.7 Å². The highest BCUT2D eigenvalue weighted by Gasteiger charge is 2.27. The van der Waals surface area contributed by atoms with Gasteiger partial charge < -0.3 is 14.7 Å². The summed E-state index contributed by atoms with van der Waals surface area (Å²) in [5.41, 5.74) is 1.37. The molecule has 1 aliphatic rings. The molecule has 1 saturated heterocycles. The van der Waals surface area contributed by atoms with E-state index in [2.05, 4.69) is 15.5 Å². The summed E-state index contributed by atoms with van der Waals surface area (Å²) >= 11 is 0. The first-order valence-corrected chi connectivity index (χ1v) is 8.89. The van der Waals surface area contributed by atoms with Crippen molar-refractivity contribution in [3.05, 3.63) is 66.3 Å². The van der Waals surface area contributed by atoms with Crippen LogP contribution >= 0.6 is 0 Å². The number of nitrogens with zero attached hydrogens (tertiary/aromatic N) is 3. The number of hydrogen-bond acceptors (Lipinski definition) is 4. The van der Waals surface area contributed by atoms with E-state index in [1.54, 1.807) is 17.0 Å². The molecule has 6 nitrogen and oxygen atoms in total. The molecule has 4 rings (SSSR count). The number of nitrogens with one attached hydrogen (secondary N) is 1. The van der Waals surface area contributed by atoms with Crippen LogP contribution < -0.4 is 5.32 Å². The zero-order valence-corrected chi connectivity index (χ0v) is 14.6.